The molecule has 3 nitrogen and oxygen atoms in total. The van der Waals surface area contributed by atoms with Crippen molar-refractivity contribution in [1.82, 2.24) is 0 Å². The summed E-state index contributed by atoms with van der Waals surface area (Å²) in [6.07, 6.45) is 1.67. The number of hydrogen-bond acceptors (Lipinski definition) is 4. The third kappa shape index (κ3) is 2.07. The number of carbonyl (C=O) groups is 1. The van der Waals surface area contributed by atoms with E-state index in [0.717, 1.165) is 11.8 Å². The van der Waals surface area contributed by atoms with Gasteiger partial charge in [0.05, 0.1) is 0 Å². The van der Waals surface area contributed by atoms with E-state index < -0.39 is 5.37 Å². The quantitative estimate of drug-likeness (QED) is 0.540. The van der Waals surface area contributed by atoms with Crippen molar-refractivity contribution in [2.45, 2.75) is 12.3 Å². The predicted molar refractivity (Wildman–Crippen MR) is 33.8 cm³/mol. The summed E-state index contributed by atoms with van der Waals surface area (Å²) in [5.74, 6) is -0.187. The molecule has 0 radical (unpaired) electrons. The van der Waals surface area contributed by atoms with Crippen molar-refractivity contribution >= 4 is 17.5 Å². The van der Waals surface area contributed by atoms with Crippen LogP contribution in [-0.2, 0) is 4.79 Å². The van der Waals surface area contributed by atoms with Crippen LogP contribution < -0.4 is 0 Å². The predicted octanol–water partition coefficient (Wildman–Crippen LogP) is 1.03. The highest BCUT2D eigenvalue weighted by atomic mass is 32.2. The minimum atomic E-state index is -0.699. The van der Waals surface area contributed by atoms with Gasteiger partial charge in [-0.25, -0.2) is 0 Å². The molecule has 0 aliphatic heterocycles. The van der Waals surface area contributed by atoms with Gasteiger partial charge in [0.1, 0.15) is 0 Å². The van der Waals surface area contributed by atoms with Crippen LogP contribution in [0, 0.1) is 4.91 Å². The van der Waals surface area contributed by atoms with E-state index in [1.165, 1.54) is 6.92 Å². The average Bonchev–Trinajstić information content (AvgIpc) is 1.69. The van der Waals surface area contributed by atoms with Gasteiger partial charge in [0.25, 0.3) is 0 Å². The van der Waals surface area contributed by atoms with Crippen molar-refractivity contribution < 1.29 is 4.79 Å². The maximum Gasteiger partial charge on any atom is 0.195 e. The first-order valence-electron chi connectivity index (χ1n) is 2.08. The second kappa shape index (κ2) is 3.60. The van der Waals surface area contributed by atoms with Crippen molar-refractivity contribution in [3.8, 4) is 0 Å². The Labute approximate surface area is 51.8 Å². The van der Waals surface area contributed by atoms with Crippen LogP contribution in [0.1, 0.15) is 6.92 Å². The van der Waals surface area contributed by atoms with Gasteiger partial charge in [-0.1, -0.05) is 0 Å². The molecule has 0 aromatic heterocycles. The lowest BCUT2D eigenvalue weighted by molar-refractivity contribution is -0.116. The first-order valence-corrected chi connectivity index (χ1v) is 3.37. The molecule has 0 N–H and O–H groups in total. The molecule has 0 spiro atoms. The summed E-state index contributed by atoms with van der Waals surface area (Å²) < 4.78 is 0. The Kier molecular flexibility index (Phi) is 3.43. The van der Waals surface area contributed by atoms with Crippen LogP contribution in [0.2, 0.25) is 0 Å². The molecule has 1 atom stereocenters. The Morgan fingerprint density at radius 2 is 2.25 bits per heavy atom. The monoisotopic (exact) mass is 133 g/mol. The molecule has 46 valence electrons. The molecular weight excluding hydrogens is 126 g/mol. The lowest BCUT2D eigenvalue weighted by atomic mass is 10.5. The molecule has 0 aliphatic rings. The Morgan fingerprint density at radius 3 is 2.25 bits per heavy atom. The highest BCUT2D eigenvalue weighted by Crippen LogP contribution is 2.07. The van der Waals surface area contributed by atoms with Crippen LogP contribution in [0.3, 0.4) is 0 Å². The third-order valence-electron chi connectivity index (χ3n) is 0.667. The summed E-state index contributed by atoms with van der Waals surface area (Å²) in [5, 5.41) is 1.87. The van der Waals surface area contributed by atoms with E-state index in [-0.39, 0.29) is 5.78 Å². The number of Topliss-reactive ketones (excluding diaryl/α,β-unsaturated/α-hetero) is 1. The van der Waals surface area contributed by atoms with Crippen LogP contribution in [-0.4, -0.2) is 17.4 Å². The number of hydrogen-bond donors (Lipinski definition) is 0. The fourth-order valence-electron chi connectivity index (χ4n) is 0.283. The van der Waals surface area contributed by atoms with Crippen molar-refractivity contribution in [1.29, 1.82) is 0 Å². The maximum absolute atomic E-state index is 10.3. The molecule has 0 heterocycles. The molecule has 0 amide bonds. The van der Waals surface area contributed by atoms with Gasteiger partial charge in [-0.05, 0) is 18.4 Å². The van der Waals surface area contributed by atoms with Gasteiger partial charge in [-0.2, -0.15) is 0 Å². The molecule has 4 heteroatoms. The first kappa shape index (κ1) is 7.62. The SMILES string of the molecule is CSC(N=O)C(C)=O. The van der Waals surface area contributed by atoms with Gasteiger partial charge in [-0.15, -0.1) is 16.7 Å². The van der Waals surface area contributed by atoms with Crippen molar-refractivity contribution in [2.24, 2.45) is 5.18 Å². The molecule has 0 aliphatic carbocycles. The van der Waals surface area contributed by atoms with Gasteiger partial charge in [-0.3, -0.25) is 4.79 Å². The summed E-state index contributed by atoms with van der Waals surface area (Å²) in [6, 6.07) is 0. The molecule has 0 saturated heterocycles. The number of ketones is 1. The normalized spacial score (nSPS) is 12.8. The van der Waals surface area contributed by atoms with Gasteiger partial charge in [0, 0.05) is 0 Å². The van der Waals surface area contributed by atoms with Crippen molar-refractivity contribution in [2.75, 3.05) is 6.26 Å². The Morgan fingerprint density at radius 1 is 1.75 bits per heavy atom. The summed E-state index contributed by atoms with van der Waals surface area (Å²) in [5.41, 5.74) is 0. The zero-order valence-electron chi connectivity index (χ0n) is 4.75. The molecular formula is C4H7NO2S. The van der Waals surface area contributed by atoms with Gasteiger partial charge in [0.2, 0.25) is 0 Å². The standard InChI is InChI=1S/C4H7NO2S/c1-3(6)4(5-7)8-2/h4H,1-2H3. The Balaban J connectivity index is 3.69. The maximum atomic E-state index is 10.3. The Hall–Kier alpha value is -0.380. The van der Waals surface area contributed by atoms with Crippen LogP contribution in [0.15, 0.2) is 5.18 Å². The fraction of sp³-hybridized carbons (Fsp3) is 0.750. The number of thioether (sulfide) groups is 1. The number of nitrogens with zero attached hydrogens (tertiary/aromatic N) is 1. The topological polar surface area (TPSA) is 46.5 Å². The van der Waals surface area contributed by atoms with E-state index in [2.05, 4.69) is 5.18 Å². The van der Waals surface area contributed by atoms with E-state index in [1.807, 2.05) is 0 Å². The van der Waals surface area contributed by atoms with E-state index in [4.69, 9.17) is 0 Å². The van der Waals surface area contributed by atoms with Crippen molar-refractivity contribution in [3.63, 3.8) is 0 Å². The molecule has 0 aromatic rings. The number of nitroso groups, excluding NO2 is 1. The second-order valence-electron chi connectivity index (χ2n) is 1.30. The lowest BCUT2D eigenvalue weighted by Gasteiger charge is -1.95. The van der Waals surface area contributed by atoms with Crippen LogP contribution in [0.4, 0.5) is 0 Å². The summed E-state index contributed by atoms with van der Waals surface area (Å²) in [6.45, 7) is 1.35. The molecule has 1 unspecified atom stereocenters. The molecule has 8 heavy (non-hydrogen) atoms. The summed E-state index contributed by atoms with van der Waals surface area (Å²) in [7, 11) is 0. The number of rotatable bonds is 3. The average molecular weight is 133 g/mol. The van der Waals surface area contributed by atoms with Gasteiger partial charge < -0.3 is 0 Å². The zero-order chi connectivity index (χ0) is 6.57. The van der Waals surface area contributed by atoms with Crippen molar-refractivity contribution in [3.05, 3.63) is 4.91 Å². The van der Waals surface area contributed by atoms with E-state index in [0.29, 0.717) is 0 Å². The lowest BCUT2D eigenvalue weighted by Crippen LogP contribution is -2.07. The Bertz CT molecular complexity index is 104. The smallest absolute Gasteiger partial charge is 0.195 e. The highest BCUT2D eigenvalue weighted by molar-refractivity contribution is 7.99. The third-order valence-corrected chi connectivity index (χ3v) is 1.53. The van der Waals surface area contributed by atoms with E-state index >= 15 is 0 Å². The molecule has 0 bridgehead atoms. The summed E-state index contributed by atoms with van der Waals surface area (Å²) in [4.78, 5) is 20.0. The highest BCUT2D eigenvalue weighted by Gasteiger charge is 2.10. The van der Waals surface area contributed by atoms with Gasteiger partial charge in [0.15, 0.2) is 11.2 Å². The van der Waals surface area contributed by atoms with Crippen LogP contribution in [0.25, 0.3) is 0 Å². The van der Waals surface area contributed by atoms with Gasteiger partial charge >= 0.3 is 0 Å². The molecule has 0 aromatic carbocycles. The second-order valence-corrected chi connectivity index (χ2v) is 2.22. The van der Waals surface area contributed by atoms with Crippen LogP contribution in [0.5, 0.6) is 0 Å². The molecule has 0 fully saturated rings. The van der Waals surface area contributed by atoms with Crippen LogP contribution >= 0.6 is 11.8 Å². The number of carbonyl (C=O) groups excluding carboxylic acids is 1. The minimum absolute atomic E-state index is 0.187. The zero-order valence-corrected chi connectivity index (χ0v) is 5.57. The summed E-state index contributed by atoms with van der Waals surface area (Å²) >= 11 is 1.15. The fourth-order valence-corrected chi connectivity index (χ4v) is 0.701. The van der Waals surface area contributed by atoms with E-state index in [9.17, 15) is 9.70 Å². The molecule has 0 rings (SSSR count). The first-order chi connectivity index (χ1) is 3.72. The largest absolute Gasteiger partial charge is 0.296 e. The molecule has 0 saturated carbocycles. The minimum Gasteiger partial charge on any atom is -0.296 e. The van der Waals surface area contributed by atoms with E-state index in [1.54, 1.807) is 6.26 Å².